The van der Waals surface area contributed by atoms with Crippen LogP contribution in [-0.4, -0.2) is 18.1 Å². The van der Waals surface area contributed by atoms with E-state index in [-0.39, 0.29) is 24.6 Å². The van der Waals surface area contributed by atoms with Crippen LogP contribution in [0.5, 0.6) is 0 Å². The Morgan fingerprint density at radius 2 is 2.20 bits per heavy atom. The lowest BCUT2D eigenvalue weighted by molar-refractivity contribution is 0.0740. The molecule has 3 nitrogen and oxygen atoms in total. The summed E-state index contributed by atoms with van der Waals surface area (Å²) in [5.41, 5.74) is 6.92. The van der Waals surface area contributed by atoms with Crippen molar-refractivity contribution in [2.75, 3.05) is 7.11 Å². The van der Waals surface area contributed by atoms with Crippen molar-refractivity contribution in [2.24, 2.45) is 5.73 Å². The molecule has 86 valence electrons. The first-order valence-corrected chi connectivity index (χ1v) is 4.99. The molecule has 0 aliphatic rings. The van der Waals surface area contributed by atoms with Crippen molar-refractivity contribution in [3.63, 3.8) is 0 Å². The van der Waals surface area contributed by atoms with Gasteiger partial charge in [-0.3, -0.25) is 4.98 Å². The summed E-state index contributed by atoms with van der Waals surface area (Å²) in [6.07, 6.45) is 3.69. The molecule has 0 saturated heterocycles. The largest absolute Gasteiger partial charge is 0.374 e. The van der Waals surface area contributed by atoms with Gasteiger partial charge in [-0.1, -0.05) is 19.4 Å². The van der Waals surface area contributed by atoms with Gasteiger partial charge >= 0.3 is 0 Å². The topological polar surface area (TPSA) is 48.1 Å². The van der Waals surface area contributed by atoms with E-state index in [1.54, 1.807) is 13.3 Å². The van der Waals surface area contributed by atoms with Gasteiger partial charge in [0.2, 0.25) is 0 Å². The number of rotatable bonds is 5. The van der Waals surface area contributed by atoms with E-state index in [1.807, 2.05) is 18.2 Å². The van der Waals surface area contributed by atoms with E-state index >= 15 is 0 Å². The molecule has 1 rings (SSSR count). The highest BCUT2D eigenvalue weighted by molar-refractivity contribution is 5.85. The second-order valence-corrected chi connectivity index (χ2v) is 3.36. The molecule has 1 heterocycles. The second-order valence-electron chi connectivity index (χ2n) is 3.36. The van der Waals surface area contributed by atoms with Crippen molar-refractivity contribution in [1.82, 2.24) is 4.98 Å². The fourth-order valence-corrected chi connectivity index (χ4v) is 1.54. The Hall–Kier alpha value is -0.640. The molecule has 0 aliphatic carbocycles. The van der Waals surface area contributed by atoms with Crippen molar-refractivity contribution >= 4 is 12.4 Å². The maximum Gasteiger partial charge on any atom is 0.114 e. The number of nitrogens with two attached hydrogens (primary N) is 1. The van der Waals surface area contributed by atoms with Crippen molar-refractivity contribution in [2.45, 2.75) is 31.9 Å². The highest BCUT2D eigenvalue weighted by Crippen LogP contribution is 2.19. The lowest BCUT2D eigenvalue weighted by Crippen LogP contribution is -2.30. The Balaban J connectivity index is 0.00000196. The molecule has 2 N–H and O–H groups in total. The van der Waals surface area contributed by atoms with Crippen LogP contribution in [0.3, 0.4) is 0 Å². The minimum absolute atomic E-state index is 0. The molecular formula is C11H19ClN2O. The average Bonchev–Trinajstić information content (AvgIpc) is 2.21. The molecule has 1 aromatic heterocycles. The highest BCUT2D eigenvalue weighted by atomic mass is 35.5. The first-order valence-electron chi connectivity index (χ1n) is 4.99. The van der Waals surface area contributed by atoms with Gasteiger partial charge in [0, 0.05) is 19.3 Å². The Labute approximate surface area is 97.4 Å². The fourth-order valence-electron chi connectivity index (χ4n) is 1.54. The predicted molar refractivity (Wildman–Crippen MR) is 64.1 cm³/mol. The first kappa shape index (κ1) is 14.4. The second kappa shape index (κ2) is 7.63. The smallest absolute Gasteiger partial charge is 0.114 e. The van der Waals surface area contributed by atoms with E-state index < -0.39 is 0 Å². The number of hydrogen-bond donors (Lipinski definition) is 1. The molecule has 0 bridgehead atoms. The molecular weight excluding hydrogens is 212 g/mol. The molecule has 4 heteroatoms. The van der Waals surface area contributed by atoms with Crippen LogP contribution >= 0.6 is 12.4 Å². The highest BCUT2D eigenvalue weighted by Gasteiger charge is 2.19. The summed E-state index contributed by atoms with van der Waals surface area (Å²) in [5.74, 6) is 0. The van der Waals surface area contributed by atoms with Gasteiger partial charge in [-0.2, -0.15) is 0 Å². The van der Waals surface area contributed by atoms with Gasteiger partial charge in [-0.05, 0) is 18.6 Å². The Morgan fingerprint density at radius 3 is 2.67 bits per heavy atom. The lowest BCUT2D eigenvalue weighted by atomic mass is 10.0. The van der Waals surface area contributed by atoms with Crippen LogP contribution in [0.1, 0.15) is 31.6 Å². The van der Waals surface area contributed by atoms with Crippen LogP contribution in [-0.2, 0) is 4.74 Å². The minimum atomic E-state index is -0.0869. The first-order chi connectivity index (χ1) is 6.79. The molecule has 0 spiro atoms. The summed E-state index contributed by atoms with van der Waals surface area (Å²) in [4.78, 5) is 4.25. The zero-order valence-corrected chi connectivity index (χ0v) is 10.0. The third-order valence-electron chi connectivity index (χ3n) is 2.24. The number of halogens is 1. The SMILES string of the molecule is CCC[C@H](N)C(OC)c1ccccn1.Cl. The third kappa shape index (κ3) is 4.16. The van der Waals surface area contributed by atoms with Gasteiger partial charge in [0.15, 0.2) is 0 Å². The predicted octanol–water partition coefficient (Wildman–Crippen LogP) is 2.32. The van der Waals surface area contributed by atoms with E-state index in [0.717, 1.165) is 18.5 Å². The third-order valence-corrected chi connectivity index (χ3v) is 2.24. The molecule has 2 atom stereocenters. The van der Waals surface area contributed by atoms with Crippen LogP contribution in [0.2, 0.25) is 0 Å². The van der Waals surface area contributed by atoms with Crippen molar-refractivity contribution in [1.29, 1.82) is 0 Å². The van der Waals surface area contributed by atoms with E-state index in [1.165, 1.54) is 0 Å². The number of methoxy groups -OCH3 is 1. The molecule has 1 unspecified atom stereocenters. The molecule has 0 fully saturated rings. The monoisotopic (exact) mass is 230 g/mol. The van der Waals surface area contributed by atoms with Crippen LogP contribution < -0.4 is 5.73 Å². The Kier molecular flexibility index (Phi) is 7.30. The number of ether oxygens (including phenoxy) is 1. The van der Waals surface area contributed by atoms with Crippen LogP contribution in [0.25, 0.3) is 0 Å². The number of aromatic nitrogens is 1. The van der Waals surface area contributed by atoms with Gasteiger partial charge in [0.1, 0.15) is 6.10 Å². The molecule has 0 saturated carbocycles. The van der Waals surface area contributed by atoms with Crippen molar-refractivity contribution in [3.8, 4) is 0 Å². The summed E-state index contributed by atoms with van der Waals surface area (Å²) >= 11 is 0. The minimum Gasteiger partial charge on any atom is -0.374 e. The van der Waals surface area contributed by atoms with Gasteiger partial charge in [0.25, 0.3) is 0 Å². The maximum atomic E-state index is 6.01. The summed E-state index contributed by atoms with van der Waals surface area (Å²) < 4.78 is 5.36. The average molecular weight is 231 g/mol. The van der Waals surface area contributed by atoms with Gasteiger partial charge < -0.3 is 10.5 Å². The summed E-state index contributed by atoms with van der Waals surface area (Å²) in [5, 5.41) is 0. The summed E-state index contributed by atoms with van der Waals surface area (Å²) in [6.45, 7) is 2.12. The van der Waals surface area contributed by atoms with E-state index in [4.69, 9.17) is 10.5 Å². The van der Waals surface area contributed by atoms with Gasteiger partial charge in [-0.15, -0.1) is 12.4 Å². The Morgan fingerprint density at radius 1 is 1.47 bits per heavy atom. The van der Waals surface area contributed by atoms with E-state index in [2.05, 4.69) is 11.9 Å². The summed E-state index contributed by atoms with van der Waals surface area (Å²) in [7, 11) is 1.68. The van der Waals surface area contributed by atoms with Crippen LogP contribution in [0.15, 0.2) is 24.4 Å². The van der Waals surface area contributed by atoms with E-state index in [9.17, 15) is 0 Å². The molecule has 15 heavy (non-hydrogen) atoms. The molecule has 0 aromatic carbocycles. The van der Waals surface area contributed by atoms with Crippen molar-refractivity contribution in [3.05, 3.63) is 30.1 Å². The van der Waals surface area contributed by atoms with Gasteiger partial charge in [0.05, 0.1) is 5.69 Å². The molecule has 0 radical (unpaired) electrons. The number of hydrogen-bond acceptors (Lipinski definition) is 3. The fraction of sp³-hybridized carbons (Fsp3) is 0.545. The lowest BCUT2D eigenvalue weighted by Gasteiger charge is -2.21. The number of pyridine rings is 1. The van der Waals surface area contributed by atoms with E-state index in [0.29, 0.717) is 0 Å². The maximum absolute atomic E-state index is 6.01. The van der Waals surface area contributed by atoms with Crippen LogP contribution in [0.4, 0.5) is 0 Å². The zero-order chi connectivity index (χ0) is 10.4. The quantitative estimate of drug-likeness (QED) is 0.845. The zero-order valence-electron chi connectivity index (χ0n) is 9.22. The molecule has 0 aliphatic heterocycles. The standard InChI is InChI=1S/C11H18N2O.ClH/c1-3-6-9(12)11(14-2)10-7-4-5-8-13-10;/h4-5,7-9,11H,3,6,12H2,1-2H3;1H/t9-,11?;/m0./s1. The van der Waals surface area contributed by atoms with Crippen molar-refractivity contribution < 1.29 is 4.74 Å². The van der Waals surface area contributed by atoms with Gasteiger partial charge in [-0.25, -0.2) is 0 Å². The normalized spacial score (nSPS) is 14.1. The summed E-state index contributed by atoms with van der Waals surface area (Å²) in [6, 6.07) is 5.82. The van der Waals surface area contributed by atoms with Crippen LogP contribution in [0, 0.1) is 0 Å². The molecule has 0 amide bonds. The Bertz CT molecular complexity index is 256. The number of nitrogens with zero attached hydrogens (tertiary/aromatic N) is 1. The molecule has 1 aromatic rings.